The van der Waals surface area contributed by atoms with Gasteiger partial charge in [0, 0.05) is 6.07 Å². The largest absolute Gasteiger partial charge is 0.504 e. The Kier molecular flexibility index (Phi) is 3.10. The number of hydrogen-bond donors (Lipinski definition) is 2. The Labute approximate surface area is 82.5 Å². The maximum Gasteiger partial charge on any atom is 0.364 e. The Morgan fingerprint density at radius 1 is 1.67 bits per heavy atom. The topological polar surface area (TPSA) is 102 Å². The molecule has 1 aromatic heterocycles. The second kappa shape index (κ2) is 4.13. The molecule has 0 aromatic carbocycles. The number of aromatic hydroxyl groups is 1. The Bertz CT molecular complexity index is 397. The number of halogens is 2. The van der Waals surface area contributed by atoms with E-state index in [4.69, 9.17) is 5.73 Å². The van der Waals surface area contributed by atoms with E-state index in [0.29, 0.717) is 6.07 Å². The number of rotatable bonds is 3. The summed E-state index contributed by atoms with van der Waals surface area (Å²) in [5.74, 6) is -1.55. The highest BCUT2D eigenvalue weighted by Crippen LogP contribution is 2.32. The van der Waals surface area contributed by atoms with Crippen LogP contribution in [0.3, 0.4) is 0 Å². The number of nitrogens with two attached hydrogens (primary N) is 1. The molecule has 0 radical (unpaired) electrons. The van der Waals surface area contributed by atoms with Crippen LogP contribution in [-0.4, -0.2) is 15.0 Å². The van der Waals surface area contributed by atoms with Gasteiger partial charge in [-0.05, 0) is 9.91 Å². The molecule has 0 aliphatic carbocycles. The van der Waals surface area contributed by atoms with Crippen LogP contribution < -0.4 is 5.73 Å². The first-order valence-electron chi connectivity index (χ1n) is 3.82. The molecule has 0 atom stereocenters. The molecule has 6 nitrogen and oxygen atoms in total. The molecule has 0 aliphatic heterocycles. The molecule has 0 saturated heterocycles. The van der Waals surface area contributed by atoms with Crippen LogP contribution in [0.15, 0.2) is 6.07 Å². The van der Waals surface area contributed by atoms with Gasteiger partial charge in [0.2, 0.25) is 5.69 Å². The SMILES string of the molecule is NCc1nc([N+](=O)[O-])cc(C(F)F)c1O. The molecule has 0 saturated carbocycles. The summed E-state index contributed by atoms with van der Waals surface area (Å²) < 4.78 is 24.7. The maximum absolute atomic E-state index is 12.3. The van der Waals surface area contributed by atoms with Crippen LogP contribution in [0, 0.1) is 10.1 Å². The summed E-state index contributed by atoms with van der Waals surface area (Å²) in [5.41, 5.74) is 3.94. The van der Waals surface area contributed by atoms with Gasteiger partial charge in [-0.1, -0.05) is 0 Å². The fourth-order valence-electron chi connectivity index (χ4n) is 1.000. The van der Waals surface area contributed by atoms with Gasteiger partial charge in [-0.2, -0.15) is 0 Å². The second-order valence-corrected chi connectivity index (χ2v) is 2.63. The molecule has 3 N–H and O–H groups in total. The predicted molar refractivity (Wildman–Crippen MR) is 45.4 cm³/mol. The number of aromatic nitrogens is 1. The number of alkyl halides is 2. The number of hydrogen-bond acceptors (Lipinski definition) is 5. The zero-order valence-corrected chi connectivity index (χ0v) is 7.35. The van der Waals surface area contributed by atoms with Gasteiger partial charge in [0.15, 0.2) is 5.75 Å². The fourth-order valence-corrected chi connectivity index (χ4v) is 1.000. The van der Waals surface area contributed by atoms with Crippen molar-refractivity contribution in [3.8, 4) is 5.75 Å². The minimum absolute atomic E-state index is 0.320. The average Bonchev–Trinajstić information content (AvgIpc) is 2.17. The van der Waals surface area contributed by atoms with Crippen molar-refractivity contribution < 1.29 is 18.8 Å². The zero-order chi connectivity index (χ0) is 11.6. The van der Waals surface area contributed by atoms with Crippen LogP contribution >= 0.6 is 0 Å². The maximum atomic E-state index is 12.3. The van der Waals surface area contributed by atoms with E-state index in [1.165, 1.54) is 0 Å². The van der Waals surface area contributed by atoms with Gasteiger partial charge in [-0.3, -0.25) is 0 Å². The molecule has 0 aliphatic rings. The third-order valence-corrected chi connectivity index (χ3v) is 1.70. The Morgan fingerprint density at radius 3 is 2.67 bits per heavy atom. The van der Waals surface area contributed by atoms with Gasteiger partial charge in [-0.15, -0.1) is 0 Å². The molecule has 1 heterocycles. The summed E-state index contributed by atoms with van der Waals surface area (Å²) in [6, 6.07) is 0.527. The van der Waals surface area contributed by atoms with E-state index >= 15 is 0 Å². The minimum atomic E-state index is -3.02. The van der Waals surface area contributed by atoms with Gasteiger partial charge < -0.3 is 21.0 Å². The van der Waals surface area contributed by atoms with Gasteiger partial charge >= 0.3 is 5.82 Å². The normalized spacial score (nSPS) is 10.7. The summed E-state index contributed by atoms with van der Waals surface area (Å²) in [6.45, 7) is -0.354. The first kappa shape index (κ1) is 11.2. The Balaban J connectivity index is 3.38. The molecule has 15 heavy (non-hydrogen) atoms. The number of nitro groups is 1. The first-order valence-corrected chi connectivity index (χ1v) is 3.82. The fraction of sp³-hybridized carbons (Fsp3) is 0.286. The van der Waals surface area contributed by atoms with E-state index in [0.717, 1.165) is 0 Å². The van der Waals surface area contributed by atoms with Crippen LogP contribution in [-0.2, 0) is 6.54 Å². The van der Waals surface area contributed by atoms with Crippen molar-refractivity contribution in [3.63, 3.8) is 0 Å². The lowest BCUT2D eigenvalue weighted by atomic mass is 10.2. The Morgan fingerprint density at radius 2 is 2.27 bits per heavy atom. The molecule has 1 rings (SSSR count). The summed E-state index contributed by atoms with van der Waals surface area (Å²) in [5, 5.41) is 19.6. The van der Waals surface area contributed by atoms with Crippen molar-refractivity contribution in [2.45, 2.75) is 13.0 Å². The lowest BCUT2D eigenvalue weighted by Crippen LogP contribution is -2.05. The van der Waals surface area contributed by atoms with Crippen molar-refractivity contribution in [1.29, 1.82) is 0 Å². The van der Waals surface area contributed by atoms with Crippen LogP contribution in [0.5, 0.6) is 5.75 Å². The predicted octanol–water partition coefficient (Wildman–Crippen LogP) is 1.09. The Hall–Kier alpha value is -1.83. The third kappa shape index (κ3) is 2.15. The van der Waals surface area contributed by atoms with Gasteiger partial charge in [-0.25, -0.2) is 8.78 Å². The molecule has 0 amide bonds. The zero-order valence-electron chi connectivity index (χ0n) is 7.35. The molecule has 1 aromatic rings. The smallest absolute Gasteiger partial charge is 0.364 e. The summed E-state index contributed by atoms with van der Waals surface area (Å²) in [7, 11) is 0. The van der Waals surface area contributed by atoms with E-state index in [1.807, 2.05) is 0 Å². The molecule has 0 fully saturated rings. The quantitative estimate of drug-likeness (QED) is 0.585. The second-order valence-electron chi connectivity index (χ2n) is 2.63. The van der Waals surface area contributed by atoms with Crippen molar-refractivity contribution >= 4 is 5.82 Å². The van der Waals surface area contributed by atoms with Crippen LogP contribution in [0.4, 0.5) is 14.6 Å². The van der Waals surface area contributed by atoms with E-state index in [9.17, 15) is 24.0 Å². The van der Waals surface area contributed by atoms with Gasteiger partial charge in [0.05, 0.1) is 12.1 Å². The molecular formula is C7H7F2N3O3. The highest BCUT2D eigenvalue weighted by molar-refractivity contribution is 5.42. The molecular weight excluding hydrogens is 212 g/mol. The molecule has 0 spiro atoms. The van der Waals surface area contributed by atoms with Crippen molar-refractivity contribution in [1.82, 2.24) is 4.98 Å². The minimum Gasteiger partial charge on any atom is -0.504 e. The molecule has 8 heteroatoms. The van der Waals surface area contributed by atoms with Crippen LogP contribution in [0.2, 0.25) is 0 Å². The number of nitrogens with zero attached hydrogens (tertiary/aromatic N) is 2. The lowest BCUT2D eigenvalue weighted by molar-refractivity contribution is -0.389. The van der Waals surface area contributed by atoms with Crippen molar-refractivity contribution in [3.05, 3.63) is 27.4 Å². The van der Waals surface area contributed by atoms with Gasteiger partial charge in [0.25, 0.3) is 6.43 Å². The van der Waals surface area contributed by atoms with E-state index < -0.39 is 28.5 Å². The average molecular weight is 219 g/mol. The molecule has 0 unspecified atom stereocenters. The molecule has 82 valence electrons. The van der Waals surface area contributed by atoms with E-state index in [-0.39, 0.29) is 12.2 Å². The summed E-state index contributed by atoms with van der Waals surface area (Å²) in [4.78, 5) is 12.7. The summed E-state index contributed by atoms with van der Waals surface area (Å²) in [6.07, 6.45) is -3.02. The van der Waals surface area contributed by atoms with Crippen molar-refractivity contribution in [2.24, 2.45) is 5.73 Å². The van der Waals surface area contributed by atoms with E-state index in [1.54, 1.807) is 0 Å². The highest BCUT2D eigenvalue weighted by atomic mass is 19.3. The standard InChI is InChI=1S/C7H7F2N3O3/c8-7(9)3-1-5(12(14)15)11-4(2-10)6(3)13/h1,7,13H,2,10H2. The number of pyridine rings is 1. The highest BCUT2D eigenvalue weighted by Gasteiger charge is 2.24. The molecule has 0 bridgehead atoms. The van der Waals surface area contributed by atoms with Crippen LogP contribution in [0.1, 0.15) is 17.7 Å². The first-order chi connectivity index (χ1) is 6.97. The summed E-state index contributed by atoms with van der Waals surface area (Å²) >= 11 is 0. The monoisotopic (exact) mass is 219 g/mol. The van der Waals surface area contributed by atoms with Crippen LogP contribution in [0.25, 0.3) is 0 Å². The lowest BCUT2D eigenvalue weighted by Gasteiger charge is -2.04. The van der Waals surface area contributed by atoms with Crippen molar-refractivity contribution in [2.75, 3.05) is 0 Å². The third-order valence-electron chi connectivity index (χ3n) is 1.70. The van der Waals surface area contributed by atoms with Gasteiger partial charge in [0.1, 0.15) is 0 Å². The van der Waals surface area contributed by atoms with E-state index in [2.05, 4.69) is 4.98 Å².